The van der Waals surface area contributed by atoms with Crippen molar-refractivity contribution in [3.63, 3.8) is 0 Å². The Morgan fingerprint density at radius 2 is 1.92 bits per heavy atom. The molecule has 0 saturated carbocycles. The number of hydrogen-bond acceptors (Lipinski definition) is 8. The maximum absolute atomic E-state index is 12.4. The van der Waals surface area contributed by atoms with Crippen LogP contribution in [0.25, 0.3) is 0 Å². The van der Waals surface area contributed by atoms with Crippen LogP contribution in [0.5, 0.6) is 11.5 Å². The summed E-state index contributed by atoms with van der Waals surface area (Å²) in [7, 11) is -2.34. The molecule has 1 aliphatic rings. The molecule has 12 heteroatoms. The number of hydrazone groups is 1. The van der Waals surface area contributed by atoms with E-state index in [1.165, 1.54) is 13.3 Å². The second-order valence-electron chi connectivity index (χ2n) is 8.03. The number of anilines is 1. The molecule has 2 aromatic rings. The van der Waals surface area contributed by atoms with Crippen molar-refractivity contribution in [2.75, 3.05) is 44.0 Å². The van der Waals surface area contributed by atoms with Crippen LogP contribution in [-0.4, -0.2) is 72.2 Å². The second-order valence-corrected chi connectivity index (χ2v) is 9.94. The molecule has 0 bridgehead atoms. The Morgan fingerprint density at radius 3 is 2.58 bits per heavy atom. The summed E-state index contributed by atoms with van der Waals surface area (Å²) < 4.78 is 41.6. The topological polar surface area (TPSA) is 136 Å². The van der Waals surface area contributed by atoms with Gasteiger partial charge in [0, 0.05) is 13.2 Å². The van der Waals surface area contributed by atoms with Gasteiger partial charge >= 0.3 is 0 Å². The van der Waals surface area contributed by atoms with E-state index in [0.29, 0.717) is 23.6 Å². The lowest BCUT2D eigenvalue weighted by atomic mass is 10.2. The van der Waals surface area contributed by atoms with E-state index >= 15 is 0 Å². The largest absolute Gasteiger partial charge is 0.495 e. The summed E-state index contributed by atoms with van der Waals surface area (Å²) in [6.45, 7) is 0.625. The SMILES string of the molecule is COc1ccccc1N(CC(=O)N/N=C\c1ccc(OCC(=O)NC[C@@H]2CCCO2)cc1)S(C)(=O)=O. The highest BCUT2D eigenvalue weighted by Crippen LogP contribution is 2.29. The number of sulfonamides is 1. The van der Waals surface area contributed by atoms with Crippen molar-refractivity contribution >= 4 is 33.7 Å². The molecule has 0 unspecified atom stereocenters. The summed E-state index contributed by atoms with van der Waals surface area (Å²) in [5, 5.41) is 6.67. The van der Waals surface area contributed by atoms with Crippen molar-refractivity contribution in [3.05, 3.63) is 54.1 Å². The van der Waals surface area contributed by atoms with Crippen LogP contribution in [-0.2, 0) is 24.3 Å². The van der Waals surface area contributed by atoms with Gasteiger partial charge in [0.15, 0.2) is 6.61 Å². The van der Waals surface area contributed by atoms with E-state index in [0.717, 1.165) is 30.0 Å². The molecule has 1 heterocycles. The number of carbonyl (C=O) groups excluding carboxylic acids is 2. The van der Waals surface area contributed by atoms with Crippen LogP contribution >= 0.6 is 0 Å². The third-order valence-corrected chi connectivity index (χ3v) is 6.37. The molecule has 1 atom stereocenters. The van der Waals surface area contributed by atoms with Gasteiger partial charge in [-0.05, 0) is 54.8 Å². The van der Waals surface area contributed by atoms with Crippen molar-refractivity contribution in [1.82, 2.24) is 10.7 Å². The first-order chi connectivity index (χ1) is 17.3. The number of para-hydroxylation sites is 2. The number of ether oxygens (including phenoxy) is 3. The van der Waals surface area contributed by atoms with Crippen molar-refractivity contribution in [1.29, 1.82) is 0 Å². The average molecular weight is 519 g/mol. The summed E-state index contributed by atoms with van der Waals surface area (Å²) in [4.78, 5) is 24.3. The Morgan fingerprint density at radius 1 is 1.17 bits per heavy atom. The predicted octanol–water partition coefficient (Wildman–Crippen LogP) is 1.29. The van der Waals surface area contributed by atoms with E-state index in [2.05, 4.69) is 15.8 Å². The smallest absolute Gasteiger partial charge is 0.260 e. The lowest BCUT2D eigenvalue weighted by Crippen LogP contribution is -2.39. The molecule has 11 nitrogen and oxygen atoms in total. The molecule has 2 amide bonds. The van der Waals surface area contributed by atoms with E-state index in [-0.39, 0.29) is 24.3 Å². The average Bonchev–Trinajstić information content (AvgIpc) is 3.39. The monoisotopic (exact) mass is 518 g/mol. The molecule has 1 aliphatic heterocycles. The summed E-state index contributed by atoms with van der Waals surface area (Å²) in [5.74, 6) is -0.0300. The first-order valence-corrected chi connectivity index (χ1v) is 13.1. The van der Waals surface area contributed by atoms with Gasteiger partial charge < -0.3 is 19.5 Å². The van der Waals surface area contributed by atoms with Crippen LogP contribution in [0.2, 0.25) is 0 Å². The van der Waals surface area contributed by atoms with Crippen molar-refractivity contribution in [2.24, 2.45) is 5.10 Å². The molecular formula is C24H30N4O7S. The Kier molecular flexibility index (Phi) is 9.65. The predicted molar refractivity (Wildman–Crippen MR) is 135 cm³/mol. The van der Waals surface area contributed by atoms with Gasteiger partial charge in [-0.25, -0.2) is 13.8 Å². The molecular weight excluding hydrogens is 488 g/mol. The van der Waals surface area contributed by atoms with E-state index < -0.39 is 22.5 Å². The number of amides is 2. The Bertz CT molecular complexity index is 1160. The van der Waals surface area contributed by atoms with Crippen LogP contribution in [0, 0.1) is 0 Å². The zero-order valence-corrected chi connectivity index (χ0v) is 21.0. The van der Waals surface area contributed by atoms with E-state index in [1.54, 1.807) is 48.5 Å². The molecule has 2 N–H and O–H groups in total. The third kappa shape index (κ3) is 8.24. The molecule has 0 aromatic heterocycles. The molecule has 2 aromatic carbocycles. The van der Waals surface area contributed by atoms with Crippen molar-refractivity contribution in [2.45, 2.75) is 18.9 Å². The van der Waals surface area contributed by atoms with Crippen LogP contribution in [0.1, 0.15) is 18.4 Å². The van der Waals surface area contributed by atoms with E-state index in [4.69, 9.17) is 14.2 Å². The zero-order chi connectivity index (χ0) is 26.0. The fourth-order valence-electron chi connectivity index (χ4n) is 3.44. The number of nitrogens with one attached hydrogen (secondary N) is 2. The standard InChI is InChI=1S/C24H30N4O7S/c1-33-22-8-4-3-7-21(22)28(36(2,31)32)16-23(29)27-26-14-18-9-11-19(12-10-18)35-17-24(30)25-15-20-6-5-13-34-20/h3-4,7-12,14,20H,5-6,13,15-17H2,1-2H3,(H,25,30)(H,27,29)/b26-14-/t20-/m0/s1. The van der Waals surface area contributed by atoms with Crippen LogP contribution in [0.15, 0.2) is 53.6 Å². The lowest BCUT2D eigenvalue weighted by Gasteiger charge is -2.23. The first-order valence-electron chi connectivity index (χ1n) is 11.3. The molecule has 0 radical (unpaired) electrons. The van der Waals surface area contributed by atoms with Gasteiger partial charge in [0.1, 0.15) is 18.0 Å². The van der Waals surface area contributed by atoms with Gasteiger partial charge in [-0.15, -0.1) is 0 Å². The minimum absolute atomic E-state index is 0.0728. The lowest BCUT2D eigenvalue weighted by molar-refractivity contribution is -0.123. The molecule has 3 rings (SSSR count). The van der Waals surface area contributed by atoms with Gasteiger partial charge in [-0.3, -0.25) is 13.9 Å². The highest BCUT2D eigenvalue weighted by atomic mass is 32.2. The molecule has 0 aliphatic carbocycles. The summed E-state index contributed by atoms with van der Waals surface area (Å²) in [5.41, 5.74) is 3.23. The Hall–Kier alpha value is -3.64. The Labute approximate surface area is 210 Å². The molecule has 1 saturated heterocycles. The van der Waals surface area contributed by atoms with Gasteiger partial charge in [0.25, 0.3) is 11.8 Å². The summed E-state index contributed by atoms with van der Waals surface area (Å²) in [6, 6.07) is 13.2. The quantitative estimate of drug-likeness (QED) is 0.319. The number of nitrogens with zero attached hydrogens (tertiary/aromatic N) is 2. The molecule has 1 fully saturated rings. The number of benzene rings is 2. The van der Waals surface area contributed by atoms with Crippen LogP contribution in [0.3, 0.4) is 0 Å². The second kappa shape index (κ2) is 12.9. The van der Waals surface area contributed by atoms with Crippen LogP contribution < -0.4 is 24.5 Å². The first kappa shape index (κ1) is 27.0. The van der Waals surface area contributed by atoms with E-state index in [9.17, 15) is 18.0 Å². The maximum Gasteiger partial charge on any atom is 0.260 e. The number of hydrogen-bond donors (Lipinski definition) is 2. The normalized spacial score (nSPS) is 15.4. The molecule has 0 spiro atoms. The number of rotatable bonds is 12. The van der Waals surface area contributed by atoms with Gasteiger partial charge in [0.05, 0.1) is 31.4 Å². The fourth-order valence-corrected chi connectivity index (χ4v) is 4.30. The highest BCUT2D eigenvalue weighted by molar-refractivity contribution is 7.92. The van der Waals surface area contributed by atoms with Gasteiger partial charge in [-0.1, -0.05) is 12.1 Å². The van der Waals surface area contributed by atoms with Crippen molar-refractivity contribution < 1.29 is 32.2 Å². The minimum atomic E-state index is -3.76. The molecule has 194 valence electrons. The summed E-state index contributed by atoms with van der Waals surface area (Å²) in [6.07, 6.45) is 4.45. The van der Waals surface area contributed by atoms with Gasteiger partial charge in [-0.2, -0.15) is 5.10 Å². The summed E-state index contributed by atoms with van der Waals surface area (Å²) >= 11 is 0. The zero-order valence-electron chi connectivity index (χ0n) is 20.2. The Balaban J connectivity index is 1.47. The van der Waals surface area contributed by atoms with E-state index in [1.807, 2.05) is 0 Å². The minimum Gasteiger partial charge on any atom is -0.495 e. The molecule has 36 heavy (non-hydrogen) atoms. The maximum atomic E-state index is 12.4. The van der Waals surface area contributed by atoms with Crippen LogP contribution in [0.4, 0.5) is 5.69 Å². The van der Waals surface area contributed by atoms with Crippen molar-refractivity contribution in [3.8, 4) is 11.5 Å². The van der Waals surface area contributed by atoms with Gasteiger partial charge in [0.2, 0.25) is 10.0 Å². The third-order valence-electron chi connectivity index (χ3n) is 5.25. The fraction of sp³-hybridized carbons (Fsp3) is 0.375. The highest BCUT2D eigenvalue weighted by Gasteiger charge is 2.23. The number of methoxy groups -OCH3 is 1. The number of carbonyl (C=O) groups is 2.